The molecule has 1 fully saturated rings. The summed E-state index contributed by atoms with van der Waals surface area (Å²) in [5.41, 5.74) is 1.88. The number of amides is 2. The highest BCUT2D eigenvalue weighted by molar-refractivity contribution is 7.09. The van der Waals surface area contributed by atoms with Gasteiger partial charge in [0.2, 0.25) is 17.7 Å². The predicted octanol–water partition coefficient (Wildman–Crippen LogP) is 4.79. The SMILES string of the molecule is CC(=O)N1CCC2CCCC(CN(C(=O)CCc3nc(C(C)C)no3)Cc3ccccc31)N2Cc1nccs1. The third-order valence-electron chi connectivity index (χ3n) is 7.86. The lowest BCUT2D eigenvalue weighted by Crippen LogP contribution is -2.52. The van der Waals surface area contributed by atoms with Gasteiger partial charge in [0, 0.05) is 74.7 Å². The first kappa shape index (κ1) is 27.5. The second kappa shape index (κ2) is 12.4. The average molecular weight is 551 g/mol. The minimum Gasteiger partial charge on any atom is -0.339 e. The zero-order valence-corrected chi connectivity index (χ0v) is 23.9. The summed E-state index contributed by atoms with van der Waals surface area (Å²) in [6.07, 6.45) is 6.67. The summed E-state index contributed by atoms with van der Waals surface area (Å²) in [4.78, 5) is 42.1. The summed E-state index contributed by atoms with van der Waals surface area (Å²) in [5.74, 6) is 1.41. The minimum atomic E-state index is 0.0238. The van der Waals surface area contributed by atoms with Crippen molar-refractivity contribution in [2.45, 2.75) is 90.4 Å². The lowest BCUT2D eigenvalue weighted by molar-refractivity contribution is -0.133. The Hall–Kier alpha value is -3.11. The molecule has 0 aliphatic carbocycles. The van der Waals surface area contributed by atoms with E-state index in [-0.39, 0.29) is 23.8 Å². The molecule has 2 atom stereocenters. The van der Waals surface area contributed by atoms with E-state index >= 15 is 0 Å². The number of hydrogen-bond acceptors (Lipinski definition) is 8. The lowest BCUT2D eigenvalue weighted by atomic mass is 9.92. The molecule has 2 aromatic heterocycles. The molecule has 0 N–H and O–H groups in total. The van der Waals surface area contributed by atoms with E-state index in [1.54, 1.807) is 18.3 Å². The molecule has 5 rings (SSSR count). The molecule has 1 saturated heterocycles. The summed E-state index contributed by atoms with van der Waals surface area (Å²) in [5, 5.41) is 7.15. The molecule has 2 unspecified atom stereocenters. The zero-order valence-electron chi connectivity index (χ0n) is 23.1. The Kier molecular flexibility index (Phi) is 8.72. The van der Waals surface area contributed by atoms with Crippen molar-refractivity contribution < 1.29 is 14.1 Å². The summed E-state index contributed by atoms with van der Waals surface area (Å²) < 4.78 is 5.41. The highest BCUT2D eigenvalue weighted by Crippen LogP contribution is 2.32. The fourth-order valence-electron chi connectivity index (χ4n) is 5.79. The third-order valence-corrected chi connectivity index (χ3v) is 8.62. The van der Waals surface area contributed by atoms with Gasteiger partial charge in [0.1, 0.15) is 5.01 Å². The number of aryl methyl sites for hydroxylation is 1. The number of benzene rings is 1. The van der Waals surface area contributed by atoms with Crippen LogP contribution in [-0.4, -0.2) is 61.9 Å². The molecule has 2 bridgehead atoms. The Balaban J connectivity index is 1.44. The van der Waals surface area contributed by atoms with Gasteiger partial charge < -0.3 is 14.3 Å². The van der Waals surface area contributed by atoms with Crippen molar-refractivity contribution >= 4 is 28.8 Å². The number of aromatic nitrogens is 3. The summed E-state index contributed by atoms with van der Waals surface area (Å²) in [6.45, 7) is 8.17. The van der Waals surface area contributed by atoms with Crippen molar-refractivity contribution in [3.63, 3.8) is 0 Å². The maximum Gasteiger partial charge on any atom is 0.227 e. The van der Waals surface area contributed by atoms with Crippen LogP contribution in [0.5, 0.6) is 0 Å². The molecule has 9 nitrogen and oxygen atoms in total. The second-order valence-electron chi connectivity index (χ2n) is 10.9. The number of carbonyl (C=O) groups excluding carboxylic acids is 2. The maximum atomic E-state index is 13.8. The number of nitrogens with zero attached hydrogens (tertiary/aromatic N) is 6. The van der Waals surface area contributed by atoms with Gasteiger partial charge in [-0.25, -0.2) is 4.98 Å². The number of fused-ring (bicyclic) bond motifs is 3. The Morgan fingerprint density at radius 1 is 1.15 bits per heavy atom. The standard InChI is InChI=1S/C29H38N6O3S/c1-20(2)29-31-26(38-32-29)11-12-28(37)33-17-22-7-4-5-10-25(22)34(21(3)36)15-13-23-8-6-9-24(18-33)35(23)19-27-30-14-16-39-27/h4-5,7,10,14,16,20,23-24H,6,8-9,11-13,15,17-19H2,1-3H3. The first-order chi connectivity index (χ1) is 18.9. The molecule has 2 aliphatic rings. The van der Waals surface area contributed by atoms with Crippen LogP contribution in [0.3, 0.4) is 0 Å². The van der Waals surface area contributed by atoms with Crippen molar-refractivity contribution in [1.82, 2.24) is 24.9 Å². The van der Waals surface area contributed by atoms with Gasteiger partial charge in [-0.1, -0.05) is 43.6 Å². The van der Waals surface area contributed by atoms with E-state index in [9.17, 15) is 9.59 Å². The van der Waals surface area contributed by atoms with Crippen LogP contribution < -0.4 is 4.90 Å². The lowest BCUT2D eigenvalue weighted by Gasteiger charge is -2.43. The first-order valence-electron chi connectivity index (χ1n) is 14.0. The highest BCUT2D eigenvalue weighted by atomic mass is 32.1. The quantitative estimate of drug-likeness (QED) is 0.435. The summed E-state index contributed by atoms with van der Waals surface area (Å²) in [6, 6.07) is 8.54. The number of para-hydroxylation sites is 1. The van der Waals surface area contributed by atoms with Crippen LogP contribution in [0.15, 0.2) is 40.4 Å². The monoisotopic (exact) mass is 550 g/mol. The number of hydrogen-bond donors (Lipinski definition) is 0. The Labute approximate surface area is 234 Å². The average Bonchev–Trinajstić information content (AvgIpc) is 3.61. The molecule has 39 heavy (non-hydrogen) atoms. The van der Waals surface area contributed by atoms with E-state index in [0.29, 0.717) is 50.2 Å². The van der Waals surface area contributed by atoms with E-state index in [0.717, 1.165) is 48.5 Å². The van der Waals surface area contributed by atoms with E-state index in [1.165, 1.54) is 0 Å². The van der Waals surface area contributed by atoms with E-state index in [2.05, 4.69) is 20.0 Å². The number of anilines is 1. The van der Waals surface area contributed by atoms with Crippen molar-refractivity contribution in [1.29, 1.82) is 0 Å². The largest absolute Gasteiger partial charge is 0.339 e. The van der Waals surface area contributed by atoms with Crippen molar-refractivity contribution in [3.05, 3.63) is 58.1 Å². The van der Waals surface area contributed by atoms with Gasteiger partial charge in [-0.3, -0.25) is 14.5 Å². The summed E-state index contributed by atoms with van der Waals surface area (Å²) in [7, 11) is 0. The van der Waals surface area contributed by atoms with E-state index in [4.69, 9.17) is 4.52 Å². The minimum absolute atomic E-state index is 0.0238. The van der Waals surface area contributed by atoms with Gasteiger partial charge in [0.25, 0.3) is 0 Å². The molecule has 1 aromatic carbocycles. The molecule has 0 saturated carbocycles. The predicted molar refractivity (Wildman–Crippen MR) is 150 cm³/mol. The van der Waals surface area contributed by atoms with Crippen molar-refractivity contribution in [3.8, 4) is 0 Å². The molecule has 10 heteroatoms. The Morgan fingerprint density at radius 2 is 1.97 bits per heavy atom. The molecular formula is C29H38N6O3S. The van der Waals surface area contributed by atoms with Gasteiger partial charge in [-0.15, -0.1) is 11.3 Å². The summed E-state index contributed by atoms with van der Waals surface area (Å²) >= 11 is 1.67. The van der Waals surface area contributed by atoms with Crippen LogP contribution in [-0.2, 0) is 29.1 Å². The van der Waals surface area contributed by atoms with Gasteiger partial charge in [-0.05, 0) is 30.9 Å². The van der Waals surface area contributed by atoms with Crippen LogP contribution in [0.25, 0.3) is 0 Å². The number of carbonyl (C=O) groups is 2. The van der Waals surface area contributed by atoms with E-state index < -0.39 is 0 Å². The topological polar surface area (TPSA) is 95.7 Å². The van der Waals surface area contributed by atoms with Gasteiger partial charge in [-0.2, -0.15) is 4.98 Å². The van der Waals surface area contributed by atoms with Gasteiger partial charge >= 0.3 is 0 Å². The normalized spacial score (nSPS) is 20.5. The number of piperidine rings is 1. The van der Waals surface area contributed by atoms with Crippen LogP contribution in [0.4, 0.5) is 5.69 Å². The molecule has 0 radical (unpaired) electrons. The molecule has 2 aliphatic heterocycles. The molecule has 3 aromatic rings. The van der Waals surface area contributed by atoms with Crippen LogP contribution in [0.1, 0.15) is 81.1 Å². The molecule has 4 heterocycles. The zero-order chi connectivity index (χ0) is 27.4. The van der Waals surface area contributed by atoms with Gasteiger partial charge in [0.15, 0.2) is 5.82 Å². The fraction of sp³-hybridized carbons (Fsp3) is 0.552. The Morgan fingerprint density at radius 3 is 2.72 bits per heavy atom. The van der Waals surface area contributed by atoms with Crippen LogP contribution in [0.2, 0.25) is 0 Å². The van der Waals surface area contributed by atoms with E-state index in [1.807, 2.05) is 59.5 Å². The number of thiazole rings is 1. The van der Waals surface area contributed by atoms with Crippen LogP contribution in [0, 0.1) is 0 Å². The van der Waals surface area contributed by atoms with Crippen molar-refractivity contribution in [2.24, 2.45) is 0 Å². The van der Waals surface area contributed by atoms with Gasteiger partial charge in [0.05, 0.1) is 6.54 Å². The van der Waals surface area contributed by atoms with Crippen LogP contribution >= 0.6 is 11.3 Å². The maximum absolute atomic E-state index is 13.8. The first-order valence-corrected chi connectivity index (χ1v) is 14.9. The molecule has 2 amide bonds. The Bertz CT molecular complexity index is 1260. The highest BCUT2D eigenvalue weighted by Gasteiger charge is 2.35. The molecule has 208 valence electrons. The third kappa shape index (κ3) is 6.55. The molecule has 0 spiro atoms. The number of rotatable bonds is 6. The molecular weight excluding hydrogens is 512 g/mol. The fourth-order valence-corrected chi connectivity index (χ4v) is 6.42. The van der Waals surface area contributed by atoms with Crippen molar-refractivity contribution in [2.75, 3.05) is 18.0 Å². The smallest absolute Gasteiger partial charge is 0.227 e. The second-order valence-corrected chi connectivity index (χ2v) is 11.9.